The summed E-state index contributed by atoms with van der Waals surface area (Å²) in [6.07, 6.45) is 0.271. The molecule has 0 aliphatic rings. The second kappa shape index (κ2) is 10.3. The molecule has 0 fully saturated rings. The number of esters is 2. The summed E-state index contributed by atoms with van der Waals surface area (Å²) in [5.41, 5.74) is 1.83. The summed E-state index contributed by atoms with van der Waals surface area (Å²) in [6.45, 7) is 0. The first-order valence-electron chi connectivity index (χ1n) is 8.93. The second-order valence-corrected chi connectivity index (χ2v) is 6.32. The van der Waals surface area contributed by atoms with Gasteiger partial charge in [-0.15, -0.1) is 0 Å². The summed E-state index contributed by atoms with van der Waals surface area (Å²) in [7, 11) is 5.91. The Labute approximate surface area is 165 Å². The molecular weight excluding hydrogens is 360 g/mol. The summed E-state index contributed by atoms with van der Waals surface area (Å²) in [6, 6.07) is 15.0. The summed E-state index contributed by atoms with van der Waals surface area (Å²) in [4.78, 5) is 24.3. The molecule has 0 aliphatic carbocycles. The Kier molecular flexibility index (Phi) is 7.87. The van der Waals surface area contributed by atoms with Crippen molar-refractivity contribution >= 4 is 11.9 Å². The summed E-state index contributed by atoms with van der Waals surface area (Å²) >= 11 is 0. The Bertz CT molecular complexity index is 699. The van der Waals surface area contributed by atoms with Gasteiger partial charge in [0.1, 0.15) is 11.5 Å². The molecule has 150 valence electrons. The van der Waals surface area contributed by atoms with E-state index in [0.29, 0.717) is 0 Å². The predicted octanol–water partition coefficient (Wildman–Crippen LogP) is 3.70. The molecule has 0 bridgehead atoms. The van der Waals surface area contributed by atoms with Crippen molar-refractivity contribution in [1.82, 2.24) is 0 Å². The van der Waals surface area contributed by atoms with Crippen LogP contribution in [0, 0.1) is 0 Å². The van der Waals surface area contributed by atoms with Crippen LogP contribution in [0.4, 0.5) is 0 Å². The van der Waals surface area contributed by atoms with Gasteiger partial charge in [-0.3, -0.25) is 9.59 Å². The van der Waals surface area contributed by atoms with Gasteiger partial charge in [-0.25, -0.2) is 0 Å². The van der Waals surface area contributed by atoms with E-state index in [-0.39, 0.29) is 36.6 Å². The normalized spacial score (nSPS) is 12.6. The van der Waals surface area contributed by atoms with Crippen molar-refractivity contribution in [2.75, 3.05) is 28.4 Å². The van der Waals surface area contributed by atoms with Crippen LogP contribution in [0.25, 0.3) is 0 Å². The molecule has 0 saturated carbocycles. The van der Waals surface area contributed by atoms with E-state index < -0.39 is 0 Å². The maximum atomic E-state index is 12.1. The molecule has 0 radical (unpaired) electrons. The van der Waals surface area contributed by atoms with Crippen molar-refractivity contribution in [2.24, 2.45) is 0 Å². The zero-order valence-corrected chi connectivity index (χ0v) is 16.6. The molecule has 2 aromatic rings. The van der Waals surface area contributed by atoms with Crippen LogP contribution in [0.3, 0.4) is 0 Å². The lowest BCUT2D eigenvalue weighted by atomic mass is 9.77. The molecule has 0 spiro atoms. The highest BCUT2D eigenvalue weighted by molar-refractivity contribution is 5.73. The van der Waals surface area contributed by atoms with E-state index in [9.17, 15) is 9.59 Å². The topological polar surface area (TPSA) is 71.1 Å². The number of hydrogen-bond donors (Lipinski definition) is 0. The maximum Gasteiger partial charge on any atom is 0.306 e. The molecule has 0 N–H and O–H groups in total. The molecule has 6 nitrogen and oxygen atoms in total. The smallest absolute Gasteiger partial charge is 0.306 e. The maximum absolute atomic E-state index is 12.1. The average molecular weight is 386 g/mol. The lowest BCUT2D eigenvalue weighted by Gasteiger charge is -2.27. The lowest BCUT2D eigenvalue weighted by Crippen LogP contribution is -2.20. The zero-order valence-electron chi connectivity index (χ0n) is 16.6. The number of carbonyl (C=O) groups is 2. The molecule has 2 rings (SSSR count). The highest BCUT2D eigenvalue weighted by Gasteiger charge is 2.30. The fourth-order valence-corrected chi connectivity index (χ4v) is 3.21. The summed E-state index contributed by atoms with van der Waals surface area (Å²) in [5.74, 6) is 0.203. The highest BCUT2D eigenvalue weighted by atomic mass is 16.5. The van der Waals surface area contributed by atoms with Crippen LogP contribution < -0.4 is 9.47 Å². The number of ether oxygens (including phenoxy) is 4. The first-order chi connectivity index (χ1) is 13.5. The van der Waals surface area contributed by atoms with Crippen LogP contribution in [0.2, 0.25) is 0 Å². The van der Waals surface area contributed by atoms with E-state index in [1.165, 1.54) is 14.2 Å². The Morgan fingerprint density at radius 2 is 0.964 bits per heavy atom. The molecule has 28 heavy (non-hydrogen) atoms. The molecular formula is C22H26O6. The van der Waals surface area contributed by atoms with E-state index in [4.69, 9.17) is 18.9 Å². The molecule has 0 amide bonds. The van der Waals surface area contributed by atoms with Gasteiger partial charge >= 0.3 is 11.9 Å². The van der Waals surface area contributed by atoms with E-state index in [0.717, 1.165) is 22.6 Å². The van der Waals surface area contributed by atoms with Gasteiger partial charge in [-0.2, -0.15) is 0 Å². The van der Waals surface area contributed by atoms with Gasteiger partial charge in [0.05, 0.1) is 41.3 Å². The number of carbonyl (C=O) groups excluding carboxylic acids is 2. The number of methoxy groups -OCH3 is 4. The minimum Gasteiger partial charge on any atom is -0.497 e. The number of benzene rings is 2. The first kappa shape index (κ1) is 21.3. The molecule has 6 heteroatoms. The Hall–Kier alpha value is -3.02. The third-order valence-electron chi connectivity index (χ3n) is 4.80. The highest BCUT2D eigenvalue weighted by Crippen LogP contribution is 2.39. The van der Waals surface area contributed by atoms with Crippen molar-refractivity contribution in [2.45, 2.75) is 24.7 Å². The number of rotatable bonds is 9. The quantitative estimate of drug-likeness (QED) is 0.612. The predicted molar refractivity (Wildman–Crippen MR) is 105 cm³/mol. The van der Waals surface area contributed by atoms with Crippen molar-refractivity contribution in [3.05, 3.63) is 59.7 Å². The summed E-state index contributed by atoms with van der Waals surface area (Å²) in [5, 5.41) is 0. The third kappa shape index (κ3) is 5.49. The van der Waals surface area contributed by atoms with E-state index in [1.54, 1.807) is 14.2 Å². The second-order valence-electron chi connectivity index (χ2n) is 6.32. The summed E-state index contributed by atoms with van der Waals surface area (Å²) < 4.78 is 20.3. The van der Waals surface area contributed by atoms with Crippen LogP contribution >= 0.6 is 0 Å². The van der Waals surface area contributed by atoms with Gasteiger partial charge in [0.2, 0.25) is 0 Å². The largest absolute Gasteiger partial charge is 0.497 e. The van der Waals surface area contributed by atoms with Gasteiger partial charge in [0, 0.05) is 11.8 Å². The van der Waals surface area contributed by atoms with Crippen molar-refractivity contribution in [1.29, 1.82) is 0 Å². The van der Waals surface area contributed by atoms with Crippen LogP contribution in [0.15, 0.2) is 48.5 Å². The first-order valence-corrected chi connectivity index (χ1v) is 8.93. The monoisotopic (exact) mass is 386 g/mol. The van der Waals surface area contributed by atoms with Crippen molar-refractivity contribution < 1.29 is 28.5 Å². The van der Waals surface area contributed by atoms with Gasteiger partial charge in [-0.1, -0.05) is 24.3 Å². The molecule has 0 aromatic heterocycles. The molecule has 0 saturated heterocycles. The van der Waals surface area contributed by atoms with E-state index in [1.807, 2.05) is 48.5 Å². The minimum absolute atomic E-state index is 0.135. The fourth-order valence-electron chi connectivity index (χ4n) is 3.21. The fraction of sp³-hybridized carbons (Fsp3) is 0.364. The standard InChI is InChI=1S/C22H26O6/c1-25-17-9-5-15(6-10-17)19(13-21(23)27-3)20(14-22(24)28-4)16-7-11-18(26-2)12-8-16/h5-12,19-20H,13-14H2,1-4H3/t19-,20+. The SMILES string of the molecule is COC(=O)C[C@H](c1ccc(OC)cc1)[C@@H](CC(=O)OC)c1ccc(OC)cc1. The van der Waals surface area contributed by atoms with Crippen molar-refractivity contribution in [3.63, 3.8) is 0 Å². The number of hydrogen-bond acceptors (Lipinski definition) is 6. The lowest BCUT2D eigenvalue weighted by molar-refractivity contribution is -0.143. The van der Waals surface area contributed by atoms with Crippen LogP contribution in [0.1, 0.15) is 35.8 Å². The minimum atomic E-state index is -0.343. The third-order valence-corrected chi connectivity index (χ3v) is 4.80. The molecule has 0 aliphatic heterocycles. The van der Waals surface area contributed by atoms with Crippen LogP contribution in [-0.2, 0) is 19.1 Å². The molecule has 0 unspecified atom stereocenters. The van der Waals surface area contributed by atoms with Gasteiger partial charge < -0.3 is 18.9 Å². The molecule has 2 aromatic carbocycles. The Morgan fingerprint density at radius 1 is 0.643 bits per heavy atom. The van der Waals surface area contributed by atoms with E-state index in [2.05, 4.69) is 0 Å². The Morgan fingerprint density at radius 3 is 1.21 bits per heavy atom. The molecule has 2 atom stereocenters. The van der Waals surface area contributed by atoms with E-state index >= 15 is 0 Å². The van der Waals surface area contributed by atoms with Gasteiger partial charge in [-0.05, 0) is 35.4 Å². The van der Waals surface area contributed by atoms with Crippen molar-refractivity contribution in [3.8, 4) is 11.5 Å². The van der Waals surface area contributed by atoms with Crippen LogP contribution in [-0.4, -0.2) is 40.4 Å². The average Bonchev–Trinajstić information content (AvgIpc) is 2.75. The van der Waals surface area contributed by atoms with Crippen LogP contribution in [0.5, 0.6) is 11.5 Å². The van der Waals surface area contributed by atoms with Gasteiger partial charge in [0.15, 0.2) is 0 Å². The Balaban J connectivity index is 2.47. The molecule has 0 heterocycles. The zero-order chi connectivity index (χ0) is 20.5. The van der Waals surface area contributed by atoms with Gasteiger partial charge in [0.25, 0.3) is 0 Å².